The number of carbonyl (C=O) groups is 1. The van der Waals surface area contributed by atoms with Gasteiger partial charge in [-0.15, -0.1) is 11.3 Å². The number of aromatic nitrogens is 3. The second-order valence-corrected chi connectivity index (χ2v) is 9.80. The van der Waals surface area contributed by atoms with Gasteiger partial charge in [-0.3, -0.25) is 9.59 Å². The minimum absolute atomic E-state index is 0.0287. The number of H-pyrrole nitrogens is 1. The summed E-state index contributed by atoms with van der Waals surface area (Å²) >= 11 is 1.27. The molecule has 0 bridgehead atoms. The third-order valence-corrected chi connectivity index (χ3v) is 6.09. The lowest BCUT2D eigenvalue weighted by atomic mass is 9.91. The van der Waals surface area contributed by atoms with Crippen LogP contribution in [0.25, 0.3) is 29.1 Å². The van der Waals surface area contributed by atoms with Gasteiger partial charge in [-0.1, -0.05) is 63.2 Å². The molecule has 0 spiro atoms. The van der Waals surface area contributed by atoms with Crippen molar-refractivity contribution in [2.45, 2.75) is 27.7 Å². The third kappa shape index (κ3) is 4.55. The molecular formula is C26H25N3O2S. The minimum Gasteiger partial charge on any atom is -0.313 e. The lowest BCUT2D eigenvalue weighted by molar-refractivity contribution is -0.119. The Balaban J connectivity index is 1.89. The fraction of sp³-hybridized carbons (Fsp3) is 0.192. The van der Waals surface area contributed by atoms with E-state index in [1.165, 1.54) is 17.4 Å². The molecule has 0 saturated heterocycles. The van der Waals surface area contributed by atoms with Crippen molar-refractivity contribution >= 4 is 29.3 Å². The summed E-state index contributed by atoms with van der Waals surface area (Å²) in [4.78, 5) is 27.8. The van der Waals surface area contributed by atoms with E-state index in [2.05, 4.69) is 4.98 Å². The molecule has 1 N–H and O–H groups in total. The van der Waals surface area contributed by atoms with Gasteiger partial charge in [0.1, 0.15) is 5.69 Å². The molecule has 162 valence electrons. The molecule has 0 radical (unpaired) electrons. The molecular weight excluding hydrogens is 418 g/mol. The number of aromatic amines is 1. The summed E-state index contributed by atoms with van der Waals surface area (Å²) in [5.41, 5.74) is 3.97. The monoisotopic (exact) mass is 443 g/mol. The standard InChI is InChI=1S/C26H25N3O2S/c1-17-10-8-9-13-20(17)24-18(16-29(28-24)19-11-6-5-7-12-19)14-21-25(31)27-23(32-21)15-22(30)26(2,3)4/h5-16H,1-4H3,(H,27,31). The number of nitrogens with one attached hydrogen (secondary N) is 1. The smallest absolute Gasteiger partial charge is 0.266 e. The van der Waals surface area contributed by atoms with E-state index in [1.54, 1.807) is 0 Å². The van der Waals surface area contributed by atoms with E-state index in [-0.39, 0.29) is 11.3 Å². The van der Waals surface area contributed by atoms with E-state index in [1.807, 2.05) is 99.2 Å². The van der Waals surface area contributed by atoms with Crippen LogP contribution in [0, 0.1) is 12.3 Å². The number of hydrogen-bond acceptors (Lipinski definition) is 4. The Morgan fingerprint density at radius 2 is 1.75 bits per heavy atom. The summed E-state index contributed by atoms with van der Waals surface area (Å²) in [7, 11) is 0. The number of carbonyl (C=O) groups excluding carboxylic acids is 1. The van der Waals surface area contributed by atoms with Gasteiger partial charge in [0.05, 0.1) is 14.9 Å². The van der Waals surface area contributed by atoms with Gasteiger partial charge in [0.25, 0.3) is 5.56 Å². The molecule has 0 aliphatic rings. The average Bonchev–Trinajstić information content (AvgIpc) is 3.32. The normalized spacial score (nSPS) is 13.0. The molecule has 0 amide bonds. The van der Waals surface area contributed by atoms with Crippen LogP contribution in [0.2, 0.25) is 0 Å². The highest BCUT2D eigenvalue weighted by molar-refractivity contribution is 7.07. The van der Waals surface area contributed by atoms with Crippen LogP contribution in [0.4, 0.5) is 0 Å². The quantitative estimate of drug-likeness (QED) is 0.521. The Bertz CT molecular complexity index is 1450. The molecule has 32 heavy (non-hydrogen) atoms. The van der Waals surface area contributed by atoms with Crippen molar-refractivity contribution in [3.05, 3.63) is 91.5 Å². The fourth-order valence-corrected chi connectivity index (χ4v) is 4.13. The topological polar surface area (TPSA) is 67.8 Å². The van der Waals surface area contributed by atoms with Gasteiger partial charge in [0.2, 0.25) is 0 Å². The minimum atomic E-state index is -0.500. The zero-order chi connectivity index (χ0) is 22.9. The third-order valence-electron chi connectivity index (χ3n) is 5.13. The van der Waals surface area contributed by atoms with E-state index < -0.39 is 5.41 Å². The Morgan fingerprint density at radius 3 is 2.44 bits per heavy atom. The summed E-state index contributed by atoms with van der Waals surface area (Å²) < 4.78 is 2.90. The maximum atomic E-state index is 12.6. The van der Waals surface area contributed by atoms with Crippen molar-refractivity contribution in [3.8, 4) is 16.9 Å². The van der Waals surface area contributed by atoms with Gasteiger partial charge in [-0.2, -0.15) is 5.10 Å². The molecule has 2 aromatic carbocycles. The number of aryl methyl sites for hydroxylation is 1. The van der Waals surface area contributed by atoms with Crippen LogP contribution >= 0.6 is 11.3 Å². The zero-order valence-electron chi connectivity index (χ0n) is 18.5. The van der Waals surface area contributed by atoms with Crippen LogP contribution in [0.1, 0.15) is 31.9 Å². The molecule has 0 aliphatic heterocycles. The van der Waals surface area contributed by atoms with Gasteiger partial charge in [-0.05, 0) is 30.7 Å². The molecule has 5 nitrogen and oxygen atoms in total. The Morgan fingerprint density at radius 1 is 1.06 bits per heavy atom. The van der Waals surface area contributed by atoms with Crippen molar-refractivity contribution in [3.63, 3.8) is 0 Å². The van der Waals surface area contributed by atoms with E-state index >= 15 is 0 Å². The van der Waals surface area contributed by atoms with Crippen LogP contribution in [0.3, 0.4) is 0 Å². The molecule has 0 aliphatic carbocycles. The average molecular weight is 444 g/mol. The fourth-order valence-electron chi connectivity index (χ4n) is 3.25. The van der Waals surface area contributed by atoms with E-state index in [0.29, 0.717) is 9.20 Å². The number of para-hydroxylation sites is 1. The number of hydrogen-bond donors (Lipinski definition) is 1. The van der Waals surface area contributed by atoms with Crippen molar-refractivity contribution in [2.24, 2.45) is 5.41 Å². The first-order valence-corrected chi connectivity index (χ1v) is 11.2. The van der Waals surface area contributed by atoms with Gasteiger partial charge < -0.3 is 4.98 Å². The molecule has 0 atom stereocenters. The van der Waals surface area contributed by atoms with Crippen LogP contribution in [-0.2, 0) is 4.79 Å². The van der Waals surface area contributed by atoms with Gasteiger partial charge in [-0.25, -0.2) is 4.68 Å². The summed E-state index contributed by atoms with van der Waals surface area (Å²) in [6.07, 6.45) is 5.29. The van der Waals surface area contributed by atoms with E-state index in [9.17, 15) is 9.59 Å². The number of nitrogens with zero attached hydrogens (tertiary/aromatic N) is 2. The van der Waals surface area contributed by atoms with Gasteiger partial charge in [0.15, 0.2) is 5.78 Å². The summed E-state index contributed by atoms with van der Waals surface area (Å²) in [5, 5.41) is 4.84. The maximum absolute atomic E-state index is 12.6. The molecule has 6 heteroatoms. The first-order chi connectivity index (χ1) is 15.2. The molecule has 0 unspecified atom stereocenters. The largest absolute Gasteiger partial charge is 0.313 e. The molecule has 2 heterocycles. The van der Waals surface area contributed by atoms with Crippen LogP contribution in [-0.4, -0.2) is 20.5 Å². The van der Waals surface area contributed by atoms with E-state index in [0.717, 1.165) is 28.1 Å². The first kappa shape index (κ1) is 21.7. The Kier molecular flexibility index (Phi) is 5.80. The van der Waals surface area contributed by atoms with Crippen LogP contribution in [0.5, 0.6) is 0 Å². The van der Waals surface area contributed by atoms with Crippen molar-refractivity contribution < 1.29 is 4.79 Å². The van der Waals surface area contributed by atoms with Crippen molar-refractivity contribution in [1.82, 2.24) is 14.8 Å². The van der Waals surface area contributed by atoms with Crippen LogP contribution < -0.4 is 14.8 Å². The number of ketones is 1. The Labute approximate surface area is 190 Å². The second-order valence-electron chi connectivity index (χ2n) is 8.72. The lowest BCUT2D eigenvalue weighted by Gasteiger charge is -2.12. The summed E-state index contributed by atoms with van der Waals surface area (Å²) in [6, 6.07) is 17.9. The van der Waals surface area contributed by atoms with Crippen molar-refractivity contribution in [2.75, 3.05) is 0 Å². The highest BCUT2D eigenvalue weighted by Gasteiger charge is 2.19. The predicted molar refractivity (Wildman–Crippen MR) is 130 cm³/mol. The number of Topliss-reactive ketones (excluding diaryl/α,β-unsaturated/α-hetero) is 1. The van der Waals surface area contributed by atoms with Gasteiger partial charge in [0, 0.05) is 28.8 Å². The second kappa shape index (κ2) is 8.55. The Hall–Kier alpha value is -3.51. The number of benzene rings is 2. The first-order valence-electron chi connectivity index (χ1n) is 10.4. The predicted octanol–water partition coefficient (Wildman–Crippen LogP) is 3.82. The molecule has 4 rings (SSSR count). The number of thiazole rings is 1. The summed E-state index contributed by atoms with van der Waals surface area (Å²) in [5.74, 6) is -0.0287. The van der Waals surface area contributed by atoms with Crippen molar-refractivity contribution in [1.29, 1.82) is 0 Å². The lowest BCUT2D eigenvalue weighted by Crippen LogP contribution is -2.22. The van der Waals surface area contributed by atoms with Gasteiger partial charge >= 0.3 is 0 Å². The number of rotatable bonds is 4. The highest BCUT2D eigenvalue weighted by Crippen LogP contribution is 2.27. The van der Waals surface area contributed by atoms with E-state index in [4.69, 9.17) is 5.10 Å². The molecule has 2 aromatic heterocycles. The molecule has 0 fully saturated rings. The molecule has 4 aromatic rings. The SMILES string of the molecule is Cc1ccccc1-c1nn(-c2ccccc2)cc1C=c1sc(=CC(=O)C(C)(C)C)[nH]c1=O. The van der Waals surface area contributed by atoms with Crippen LogP contribution in [0.15, 0.2) is 65.6 Å². The molecule has 0 saturated carbocycles. The zero-order valence-corrected chi connectivity index (χ0v) is 19.4. The highest BCUT2D eigenvalue weighted by atomic mass is 32.1. The summed E-state index contributed by atoms with van der Waals surface area (Å²) in [6.45, 7) is 7.62. The maximum Gasteiger partial charge on any atom is 0.266 e.